The highest BCUT2D eigenvalue weighted by Gasteiger charge is 2.25. The lowest BCUT2D eigenvalue weighted by Gasteiger charge is -2.32. The predicted molar refractivity (Wildman–Crippen MR) is 79.2 cm³/mol. The van der Waals surface area contributed by atoms with Gasteiger partial charge in [0.25, 0.3) is 0 Å². The van der Waals surface area contributed by atoms with E-state index in [-0.39, 0.29) is 23.9 Å². The average molecular weight is 298 g/mol. The summed E-state index contributed by atoms with van der Waals surface area (Å²) in [5.41, 5.74) is 0.281. The van der Waals surface area contributed by atoms with Crippen LogP contribution in [0.1, 0.15) is 38.7 Å². The highest BCUT2D eigenvalue weighted by molar-refractivity contribution is 6.31. The summed E-state index contributed by atoms with van der Waals surface area (Å²) in [7, 11) is 0. The Morgan fingerprint density at radius 2 is 2.10 bits per heavy atom. The van der Waals surface area contributed by atoms with Crippen molar-refractivity contribution in [1.29, 1.82) is 0 Å². The molecule has 1 N–H and O–H groups in total. The van der Waals surface area contributed by atoms with E-state index in [4.69, 9.17) is 11.6 Å². The topological polar surface area (TPSA) is 29.1 Å². The molecule has 1 fully saturated rings. The van der Waals surface area contributed by atoms with Crippen LogP contribution in [-0.2, 0) is 11.2 Å². The molecule has 20 heavy (non-hydrogen) atoms. The minimum Gasteiger partial charge on any atom is -0.353 e. The summed E-state index contributed by atoms with van der Waals surface area (Å²) in [6.07, 6.45) is 3.14. The van der Waals surface area contributed by atoms with Crippen molar-refractivity contribution in [3.8, 4) is 0 Å². The van der Waals surface area contributed by atoms with Gasteiger partial charge in [0.15, 0.2) is 0 Å². The largest absolute Gasteiger partial charge is 0.353 e. The molecule has 1 aliphatic rings. The maximum Gasteiger partial charge on any atom is 0.224 e. The SMILES string of the molecule is CC1CCC(NC(=O)Cc2c(F)cccc2Cl)CC1C. The van der Waals surface area contributed by atoms with Gasteiger partial charge in [-0.1, -0.05) is 31.5 Å². The zero-order valence-electron chi connectivity index (χ0n) is 12.0. The molecule has 2 nitrogen and oxygen atoms in total. The van der Waals surface area contributed by atoms with Crippen molar-refractivity contribution in [3.05, 3.63) is 34.6 Å². The summed E-state index contributed by atoms with van der Waals surface area (Å²) in [5, 5.41) is 3.32. The second kappa shape index (κ2) is 6.57. The summed E-state index contributed by atoms with van der Waals surface area (Å²) >= 11 is 5.94. The van der Waals surface area contributed by atoms with E-state index in [1.807, 2.05) is 0 Å². The number of nitrogens with one attached hydrogen (secondary N) is 1. The molecule has 1 aromatic carbocycles. The zero-order chi connectivity index (χ0) is 14.7. The highest BCUT2D eigenvalue weighted by atomic mass is 35.5. The van der Waals surface area contributed by atoms with Crippen molar-refractivity contribution < 1.29 is 9.18 Å². The van der Waals surface area contributed by atoms with Gasteiger partial charge in [-0.05, 0) is 43.2 Å². The third kappa shape index (κ3) is 3.72. The molecular weight excluding hydrogens is 277 g/mol. The number of halogens is 2. The smallest absolute Gasteiger partial charge is 0.224 e. The number of amides is 1. The van der Waals surface area contributed by atoms with Gasteiger partial charge in [0, 0.05) is 16.6 Å². The molecule has 1 amide bonds. The van der Waals surface area contributed by atoms with Crippen molar-refractivity contribution in [3.63, 3.8) is 0 Å². The number of carbonyl (C=O) groups excluding carboxylic acids is 1. The van der Waals surface area contributed by atoms with Crippen molar-refractivity contribution in [2.24, 2.45) is 11.8 Å². The first-order chi connectivity index (χ1) is 9.47. The van der Waals surface area contributed by atoms with Gasteiger partial charge in [-0.15, -0.1) is 0 Å². The molecule has 1 aliphatic carbocycles. The fourth-order valence-corrected chi connectivity index (χ4v) is 3.05. The predicted octanol–water partition coefficient (Wildman–Crippen LogP) is 3.96. The molecule has 0 bridgehead atoms. The van der Waals surface area contributed by atoms with E-state index in [0.29, 0.717) is 16.9 Å². The lowest BCUT2D eigenvalue weighted by molar-refractivity contribution is -0.121. The van der Waals surface area contributed by atoms with E-state index in [0.717, 1.165) is 19.3 Å². The van der Waals surface area contributed by atoms with Gasteiger partial charge in [-0.3, -0.25) is 4.79 Å². The quantitative estimate of drug-likeness (QED) is 0.899. The molecule has 0 heterocycles. The summed E-state index contributed by atoms with van der Waals surface area (Å²) in [6.45, 7) is 4.47. The van der Waals surface area contributed by atoms with Crippen LogP contribution >= 0.6 is 11.6 Å². The van der Waals surface area contributed by atoms with Crippen LogP contribution in [0.2, 0.25) is 5.02 Å². The molecule has 110 valence electrons. The van der Waals surface area contributed by atoms with Crippen LogP contribution in [0.5, 0.6) is 0 Å². The first-order valence-corrected chi connectivity index (χ1v) is 7.57. The Balaban J connectivity index is 1.93. The lowest BCUT2D eigenvalue weighted by atomic mass is 9.79. The van der Waals surface area contributed by atoms with E-state index in [2.05, 4.69) is 19.2 Å². The molecule has 4 heteroatoms. The normalized spacial score (nSPS) is 26.3. The fourth-order valence-electron chi connectivity index (χ4n) is 2.82. The average Bonchev–Trinajstić information content (AvgIpc) is 2.38. The molecule has 0 aromatic heterocycles. The monoisotopic (exact) mass is 297 g/mol. The molecule has 0 saturated heterocycles. The summed E-state index contributed by atoms with van der Waals surface area (Å²) in [5.74, 6) is 0.761. The van der Waals surface area contributed by atoms with Crippen LogP contribution in [0.15, 0.2) is 18.2 Å². The molecule has 3 atom stereocenters. The van der Waals surface area contributed by atoms with Crippen molar-refractivity contribution in [2.45, 2.75) is 45.6 Å². The Labute approximate surface area is 124 Å². The van der Waals surface area contributed by atoms with E-state index in [9.17, 15) is 9.18 Å². The van der Waals surface area contributed by atoms with Gasteiger partial charge in [0.05, 0.1) is 6.42 Å². The minimum atomic E-state index is -0.418. The number of hydrogen-bond donors (Lipinski definition) is 1. The van der Waals surface area contributed by atoms with Crippen molar-refractivity contribution >= 4 is 17.5 Å². The molecule has 3 unspecified atom stereocenters. The summed E-state index contributed by atoms with van der Waals surface area (Å²) in [4.78, 5) is 12.0. The van der Waals surface area contributed by atoms with Gasteiger partial charge < -0.3 is 5.32 Å². The van der Waals surface area contributed by atoms with E-state index >= 15 is 0 Å². The fraction of sp³-hybridized carbons (Fsp3) is 0.562. The first kappa shape index (κ1) is 15.3. The molecule has 0 aliphatic heterocycles. The zero-order valence-corrected chi connectivity index (χ0v) is 12.7. The van der Waals surface area contributed by atoms with Crippen LogP contribution < -0.4 is 5.32 Å². The van der Waals surface area contributed by atoms with E-state index < -0.39 is 5.82 Å². The van der Waals surface area contributed by atoms with Gasteiger partial charge in [0.2, 0.25) is 5.91 Å². The Kier molecular flexibility index (Phi) is 5.03. The highest BCUT2D eigenvalue weighted by Crippen LogP contribution is 2.29. The molecular formula is C16H21ClFNO. The van der Waals surface area contributed by atoms with Crippen LogP contribution in [-0.4, -0.2) is 11.9 Å². The second-order valence-corrected chi connectivity index (χ2v) is 6.32. The Hall–Kier alpha value is -1.09. The van der Waals surface area contributed by atoms with Crippen LogP contribution in [0.4, 0.5) is 4.39 Å². The molecule has 1 saturated carbocycles. The molecule has 2 rings (SSSR count). The van der Waals surface area contributed by atoms with Gasteiger partial charge >= 0.3 is 0 Å². The molecule has 1 aromatic rings. The maximum absolute atomic E-state index is 13.6. The molecule has 0 radical (unpaired) electrons. The number of carbonyl (C=O) groups is 1. The van der Waals surface area contributed by atoms with Crippen LogP contribution in [0.3, 0.4) is 0 Å². The lowest BCUT2D eigenvalue weighted by Crippen LogP contribution is -2.40. The van der Waals surface area contributed by atoms with Crippen LogP contribution in [0, 0.1) is 17.7 Å². The van der Waals surface area contributed by atoms with Gasteiger partial charge in [-0.25, -0.2) is 4.39 Å². The second-order valence-electron chi connectivity index (χ2n) is 5.91. The number of benzene rings is 1. The summed E-state index contributed by atoms with van der Waals surface area (Å²) in [6, 6.07) is 4.69. The van der Waals surface area contributed by atoms with Crippen LogP contribution in [0.25, 0.3) is 0 Å². The first-order valence-electron chi connectivity index (χ1n) is 7.19. The Bertz CT molecular complexity index is 471. The third-order valence-corrected chi connectivity index (χ3v) is 4.72. The number of hydrogen-bond acceptors (Lipinski definition) is 1. The number of rotatable bonds is 3. The Morgan fingerprint density at radius 3 is 2.75 bits per heavy atom. The Morgan fingerprint density at radius 1 is 1.35 bits per heavy atom. The van der Waals surface area contributed by atoms with Gasteiger partial charge in [0.1, 0.15) is 5.82 Å². The maximum atomic E-state index is 13.6. The van der Waals surface area contributed by atoms with E-state index in [1.54, 1.807) is 12.1 Å². The third-order valence-electron chi connectivity index (χ3n) is 4.36. The van der Waals surface area contributed by atoms with Gasteiger partial charge in [-0.2, -0.15) is 0 Å². The summed E-state index contributed by atoms with van der Waals surface area (Å²) < 4.78 is 13.6. The van der Waals surface area contributed by atoms with Crippen molar-refractivity contribution in [2.75, 3.05) is 0 Å². The standard InChI is InChI=1S/C16H21ClFNO/c1-10-6-7-12(8-11(10)2)19-16(20)9-13-14(17)4-3-5-15(13)18/h3-5,10-12H,6-9H2,1-2H3,(H,19,20). The molecule has 0 spiro atoms. The minimum absolute atomic E-state index is 0.00589. The van der Waals surface area contributed by atoms with Crippen molar-refractivity contribution in [1.82, 2.24) is 5.32 Å². The van der Waals surface area contributed by atoms with E-state index in [1.165, 1.54) is 6.07 Å².